The number of carbonyl (C=O) groups is 2. The Kier molecular flexibility index (Phi) is 4.99. The summed E-state index contributed by atoms with van der Waals surface area (Å²) in [5.74, 6) is 2.53. The van der Waals surface area contributed by atoms with Crippen LogP contribution >= 0.6 is 0 Å². The maximum atomic E-state index is 12.5. The first-order valence-electron chi connectivity index (χ1n) is 6.83. The van der Waals surface area contributed by atoms with Crippen LogP contribution in [0.15, 0.2) is 0 Å². The third-order valence-electron chi connectivity index (χ3n) is 3.50. The van der Waals surface area contributed by atoms with E-state index in [9.17, 15) is 9.59 Å². The lowest BCUT2D eigenvalue weighted by Gasteiger charge is -2.42. The lowest BCUT2D eigenvalue weighted by molar-refractivity contribution is -0.151. The highest BCUT2D eigenvalue weighted by Gasteiger charge is 2.43. The summed E-state index contributed by atoms with van der Waals surface area (Å²) in [7, 11) is 0. The molecule has 1 fully saturated rings. The molecular formula is C15H24N2O2. The van der Waals surface area contributed by atoms with Crippen molar-refractivity contribution in [3.05, 3.63) is 0 Å². The second kappa shape index (κ2) is 6.10. The third kappa shape index (κ3) is 3.73. The molecule has 0 aliphatic carbocycles. The van der Waals surface area contributed by atoms with E-state index in [2.05, 4.69) is 11.2 Å². The number of carbonyl (C=O) groups excluding carboxylic acids is 2. The maximum absolute atomic E-state index is 12.5. The Morgan fingerprint density at radius 2 is 1.95 bits per heavy atom. The van der Waals surface area contributed by atoms with E-state index in [0.717, 1.165) is 12.8 Å². The largest absolute Gasteiger partial charge is 0.342 e. The van der Waals surface area contributed by atoms with Crippen molar-refractivity contribution in [2.45, 2.75) is 59.0 Å². The summed E-state index contributed by atoms with van der Waals surface area (Å²) in [5, 5.41) is 2.82. The monoisotopic (exact) mass is 264 g/mol. The second-order valence-electron chi connectivity index (χ2n) is 6.18. The molecule has 1 rings (SSSR count). The summed E-state index contributed by atoms with van der Waals surface area (Å²) in [6.45, 7) is 8.25. The van der Waals surface area contributed by atoms with E-state index in [1.807, 2.05) is 20.8 Å². The fraction of sp³-hybridized carbons (Fsp3) is 0.733. The molecule has 0 bridgehead atoms. The van der Waals surface area contributed by atoms with Gasteiger partial charge in [-0.2, -0.15) is 0 Å². The maximum Gasteiger partial charge on any atom is 0.246 e. The zero-order valence-electron chi connectivity index (χ0n) is 12.3. The van der Waals surface area contributed by atoms with Crippen molar-refractivity contribution in [2.75, 3.05) is 6.54 Å². The van der Waals surface area contributed by atoms with Crippen LogP contribution in [0.4, 0.5) is 0 Å². The molecule has 0 aromatic heterocycles. The molecule has 0 radical (unpaired) electrons. The second-order valence-corrected chi connectivity index (χ2v) is 6.18. The van der Waals surface area contributed by atoms with Crippen molar-refractivity contribution in [2.24, 2.45) is 5.41 Å². The van der Waals surface area contributed by atoms with E-state index in [1.54, 1.807) is 11.8 Å². The predicted molar refractivity (Wildman–Crippen MR) is 75.2 cm³/mol. The average Bonchev–Trinajstić information content (AvgIpc) is 2.31. The molecule has 4 heteroatoms. The highest BCUT2D eigenvalue weighted by Crippen LogP contribution is 2.25. The number of nitrogens with zero attached hydrogens (tertiary/aromatic N) is 1. The lowest BCUT2D eigenvalue weighted by Crippen LogP contribution is -2.65. The Morgan fingerprint density at radius 3 is 2.47 bits per heavy atom. The van der Waals surface area contributed by atoms with Crippen molar-refractivity contribution in [3.8, 4) is 12.3 Å². The third-order valence-corrected chi connectivity index (χ3v) is 3.50. The molecule has 1 aliphatic rings. The minimum Gasteiger partial charge on any atom is -0.342 e. The van der Waals surface area contributed by atoms with Gasteiger partial charge in [0.1, 0.15) is 12.1 Å². The fourth-order valence-electron chi connectivity index (χ4n) is 2.22. The normalized spacial score (nSPS) is 24.1. The summed E-state index contributed by atoms with van der Waals surface area (Å²) in [6, 6.07) is -0.833. The van der Waals surface area contributed by atoms with Gasteiger partial charge >= 0.3 is 0 Å². The number of nitrogens with one attached hydrogen (secondary N) is 1. The molecular weight excluding hydrogens is 240 g/mol. The molecule has 2 amide bonds. The predicted octanol–water partition coefficient (Wildman–Crippen LogP) is 1.55. The van der Waals surface area contributed by atoms with Crippen LogP contribution in [0.1, 0.15) is 47.0 Å². The zero-order chi connectivity index (χ0) is 14.6. The molecule has 2 unspecified atom stereocenters. The number of amides is 2. The van der Waals surface area contributed by atoms with Gasteiger partial charge in [0.05, 0.1) is 0 Å². The molecule has 1 heterocycles. The molecule has 2 atom stereocenters. The van der Waals surface area contributed by atoms with Gasteiger partial charge in [-0.15, -0.1) is 12.3 Å². The van der Waals surface area contributed by atoms with Gasteiger partial charge in [0.15, 0.2) is 0 Å². The number of hydrogen-bond acceptors (Lipinski definition) is 2. The molecule has 4 nitrogen and oxygen atoms in total. The van der Waals surface area contributed by atoms with E-state index >= 15 is 0 Å². The molecule has 1 N–H and O–H groups in total. The molecule has 0 saturated carbocycles. The Morgan fingerprint density at radius 1 is 1.32 bits per heavy atom. The molecule has 106 valence electrons. The first kappa shape index (κ1) is 15.6. The minimum absolute atomic E-state index is 0.0142. The lowest BCUT2D eigenvalue weighted by atomic mass is 9.84. The van der Waals surface area contributed by atoms with Crippen molar-refractivity contribution in [1.29, 1.82) is 0 Å². The first-order chi connectivity index (χ1) is 8.79. The number of terminal acetylenes is 1. The summed E-state index contributed by atoms with van der Waals surface area (Å²) >= 11 is 0. The Bertz CT molecular complexity index is 390. The molecule has 1 saturated heterocycles. The van der Waals surface area contributed by atoms with Gasteiger partial charge in [-0.05, 0) is 25.2 Å². The number of unbranched alkanes of at least 4 members (excludes halogenated alkanes) is 2. The highest BCUT2D eigenvalue weighted by molar-refractivity contribution is 5.97. The van der Waals surface area contributed by atoms with E-state index in [4.69, 9.17) is 6.42 Å². The van der Waals surface area contributed by atoms with Crippen LogP contribution in [-0.4, -0.2) is 35.3 Å². The Hall–Kier alpha value is -1.50. The quantitative estimate of drug-likeness (QED) is 0.618. The smallest absolute Gasteiger partial charge is 0.246 e. The van der Waals surface area contributed by atoms with E-state index < -0.39 is 12.1 Å². The molecule has 1 aliphatic heterocycles. The summed E-state index contributed by atoms with van der Waals surface area (Å²) in [5.41, 5.74) is -0.274. The molecule has 0 aromatic rings. The van der Waals surface area contributed by atoms with Gasteiger partial charge in [-0.3, -0.25) is 9.59 Å². The van der Waals surface area contributed by atoms with Crippen LogP contribution in [0.25, 0.3) is 0 Å². The van der Waals surface area contributed by atoms with Gasteiger partial charge in [0.2, 0.25) is 11.8 Å². The van der Waals surface area contributed by atoms with Crippen molar-refractivity contribution < 1.29 is 9.59 Å². The van der Waals surface area contributed by atoms with Gasteiger partial charge < -0.3 is 10.2 Å². The van der Waals surface area contributed by atoms with Crippen LogP contribution in [0.3, 0.4) is 0 Å². The van der Waals surface area contributed by atoms with Crippen LogP contribution in [0, 0.1) is 17.8 Å². The van der Waals surface area contributed by atoms with E-state index in [1.165, 1.54) is 0 Å². The number of piperazine rings is 1. The van der Waals surface area contributed by atoms with Gasteiger partial charge in [0, 0.05) is 13.0 Å². The summed E-state index contributed by atoms with van der Waals surface area (Å²) < 4.78 is 0. The fourth-order valence-corrected chi connectivity index (χ4v) is 2.22. The first-order valence-corrected chi connectivity index (χ1v) is 6.83. The molecule has 0 aromatic carbocycles. The Labute approximate surface area is 115 Å². The van der Waals surface area contributed by atoms with Crippen molar-refractivity contribution in [1.82, 2.24) is 10.2 Å². The van der Waals surface area contributed by atoms with Crippen LogP contribution < -0.4 is 5.32 Å². The van der Waals surface area contributed by atoms with Gasteiger partial charge in [-0.1, -0.05) is 20.8 Å². The molecule has 19 heavy (non-hydrogen) atoms. The Balaban J connectivity index is 2.74. The SMILES string of the molecule is C#CCCCCN1C(=O)C(C(C)(C)C)NC(=O)C1C. The van der Waals surface area contributed by atoms with E-state index in [0.29, 0.717) is 13.0 Å². The highest BCUT2D eigenvalue weighted by atomic mass is 16.2. The van der Waals surface area contributed by atoms with Crippen molar-refractivity contribution >= 4 is 11.8 Å². The summed E-state index contributed by atoms with van der Waals surface area (Å²) in [4.78, 5) is 26.1. The minimum atomic E-state index is -0.441. The zero-order valence-corrected chi connectivity index (χ0v) is 12.3. The van der Waals surface area contributed by atoms with Crippen LogP contribution in [0.2, 0.25) is 0 Å². The van der Waals surface area contributed by atoms with Gasteiger partial charge in [0.25, 0.3) is 0 Å². The van der Waals surface area contributed by atoms with Crippen LogP contribution in [0.5, 0.6) is 0 Å². The summed E-state index contributed by atoms with van der Waals surface area (Å²) in [6.07, 6.45) is 7.64. The van der Waals surface area contributed by atoms with Crippen LogP contribution in [-0.2, 0) is 9.59 Å². The number of hydrogen-bond donors (Lipinski definition) is 1. The topological polar surface area (TPSA) is 49.4 Å². The number of rotatable bonds is 4. The molecule has 0 spiro atoms. The van der Waals surface area contributed by atoms with Crippen molar-refractivity contribution in [3.63, 3.8) is 0 Å². The van der Waals surface area contributed by atoms with Gasteiger partial charge in [-0.25, -0.2) is 0 Å². The average molecular weight is 264 g/mol. The van der Waals surface area contributed by atoms with E-state index in [-0.39, 0.29) is 17.2 Å². The standard InChI is InChI=1S/C15H24N2O2/c1-6-7-8-9-10-17-11(2)13(18)16-12(14(17)19)15(3,4)5/h1,11-12H,7-10H2,2-5H3,(H,16,18).